The fraction of sp³-hybridized carbons (Fsp3) is 0.556. The predicted octanol–water partition coefficient (Wildman–Crippen LogP) is 3.26. The Morgan fingerprint density at radius 3 is 2.24 bits per heavy atom. The van der Waals surface area contributed by atoms with Crippen molar-refractivity contribution in [2.45, 2.75) is 33.6 Å². The number of hydrogen-bond acceptors (Lipinski definition) is 4. The summed E-state index contributed by atoms with van der Waals surface area (Å²) in [5.74, 6) is 0.752. The van der Waals surface area contributed by atoms with Crippen LogP contribution in [0.3, 0.4) is 0 Å². The molecule has 1 aromatic rings. The largest absolute Gasteiger partial charge is 0.495 e. The van der Waals surface area contributed by atoms with Crippen molar-refractivity contribution in [3.05, 3.63) is 17.2 Å². The number of rotatable bonds is 9. The first kappa shape index (κ1) is 21.1. The van der Waals surface area contributed by atoms with Gasteiger partial charge in [-0.15, -0.1) is 0 Å². The van der Waals surface area contributed by atoms with Crippen LogP contribution in [0.15, 0.2) is 12.1 Å². The van der Waals surface area contributed by atoms with E-state index in [2.05, 4.69) is 5.32 Å². The summed E-state index contributed by atoms with van der Waals surface area (Å²) in [6.45, 7) is 6.11. The van der Waals surface area contributed by atoms with Crippen LogP contribution in [-0.2, 0) is 9.59 Å². The van der Waals surface area contributed by atoms with Crippen molar-refractivity contribution in [2.24, 2.45) is 5.92 Å². The van der Waals surface area contributed by atoms with E-state index in [1.807, 2.05) is 13.8 Å². The van der Waals surface area contributed by atoms with E-state index in [0.717, 1.165) is 12.8 Å². The van der Waals surface area contributed by atoms with Crippen molar-refractivity contribution in [3.8, 4) is 11.5 Å². The Hall–Kier alpha value is -1.95. The molecule has 0 aromatic heterocycles. The third kappa shape index (κ3) is 5.53. The molecule has 0 heterocycles. The maximum atomic E-state index is 12.1. The number of amides is 2. The van der Waals surface area contributed by atoms with Gasteiger partial charge in [0.1, 0.15) is 11.5 Å². The van der Waals surface area contributed by atoms with Crippen LogP contribution in [-0.4, -0.2) is 39.1 Å². The number of hydrogen-bond donors (Lipinski definition) is 1. The summed E-state index contributed by atoms with van der Waals surface area (Å²) in [7, 11) is 3.01. The van der Waals surface area contributed by atoms with Crippen LogP contribution < -0.4 is 19.7 Å². The highest BCUT2D eigenvalue weighted by atomic mass is 35.5. The van der Waals surface area contributed by atoms with E-state index in [0.29, 0.717) is 35.3 Å². The van der Waals surface area contributed by atoms with E-state index in [-0.39, 0.29) is 17.7 Å². The molecule has 1 aromatic carbocycles. The average Bonchev–Trinajstić information content (AvgIpc) is 2.59. The highest BCUT2D eigenvalue weighted by molar-refractivity contribution is 6.32. The fourth-order valence-electron chi connectivity index (χ4n) is 2.60. The Kier molecular flexibility index (Phi) is 8.55. The minimum absolute atomic E-state index is 0.00376. The smallest absolute Gasteiger partial charge is 0.224 e. The fourth-order valence-corrected chi connectivity index (χ4v) is 2.83. The number of halogens is 1. The topological polar surface area (TPSA) is 67.9 Å². The van der Waals surface area contributed by atoms with Gasteiger partial charge < -0.3 is 19.7 Å². The maximum absolute atomic E-state index is 12.1. The average molecular weight is 371 g/mol. The van der Waals surface area contributed by atoms with Gasteiger partial charge in [-0.25, -0.2) is 0 Å². The van der Waals surface area contributed by atoms with Gasteiger partial charge in [0.15, 0.2) is 0 Å². The van der Waals surface area contributed by atoms with Gasteiger partial charge in [0.25, 0.3) is 0 Å². The summed E-state index contributed by atoms with van der Waals surface area (Å²) in [5.41, 5.74) is 0.549. The second-order valence-corrected chi connectivity index (χ2v) is 6.04. The third-order valence-electron chi connectivity index (χ3n) is 4.12. The van der Waals surface area contributed by atoms with Crippen molar-refractivity contribution in [2.75, 3.05) is 32.2 Å². The van der Waals surface area contributed by atoms with Gasteiger partial charge in [-0.1, -0.05) is 25.4 Å². The predicted molar refractivity (Wildman–Crippen MR) is 99.7 cm³/mol. The lowest BCUT2D eigenvalue weighted by atomic mass is 10.0. The second kappa shape index (κ2) is 10.1. The Morgan fingerprint density at radius 1 is 1.16 bits per heavy atom. The van der Waals surface area contributed by atoms with Gasteiger partial charge in [0, 0.05) is 38.1 Å². The zero-order chi connectivity index (χ0) is 19.0. The summed E-state index contributed by atoms with van der Waals surface area (Å²) in [6.07, 6.45) is 1.59. The molecule has 140 valence electrons. The molecule has 0 radical (unpaired) electrons. The first-order chi connectivity index (χ1) is 11.9. The van der Waals surface area contributed by atoms with E-state index < -0.39 is 0 Å². The van der Waals surface area contributed by atoms with Gasteiger partial charge >= 0.3 is 0 Å². The van der Waals surface area contributed by atoms with Crippen molar-refractivity contribution in [1.29, 1.82) is 0 Å². The minimum Gasteiger partial charge on any atom is -0.495 e. The molecule has 0 spiro atoms. The lowest BCUT2D eigenvalue weighted by Gasteiger charge is -2.25. The normalized spacial score (nSPS) is 10.5. The summed E-state index contributed by atoms with van der Waals surface area (Å²) in [5, 5.41) is 3.28. The number of carbonyl (C=O) groups excluding carboxylic acids is 2. The highest BCUT2D eigenvalue weighted by Gasteiger charge is 2.20. The molecule has 0 aliphatic carbocycles. The van der Waals surface area contributed by atoms with E-state index >= 15 is 0 Å². The quantitative estimate of drug-likeness (QED) is 0.724. The molecular weight excluding hydrogens is 344 g/mol. The standard InChI is InChI=1S/C18H27ClN2O4/c1-6-13(7-2)18(23)20-8-9-21(12(3)22)15-11-16(24-4)14(19)10-17(15)25-5/h10-11,13H,6-9H2,1-5H3,(H,20,23). The molecule has 0 aliphatic heterocycles. The second-order valence-electron chi connectivity index (χ2n) is 5.63. The van der Waals surface area contributed by atoms with Crippen LogP contribution in [0.25, 0.3) is 0 Å². The van der Waals surface area contributed by atoms with Gasteiger partial charge in [0.05, 0.1) is 24.9 Å². The first-order valence-corrected chi connectivity index (χ1v) is 8.74. The van der Waals surface area contributed by atoms with E-state index in [1.165, 1.54) is 26.0 Å². The van der Waals surface area contributed by atoms with E-state index in [9.17, 15) is 9.59 Å². The monoisotopic (exact) mass is 370 g/mol. The van der Waals surface area contributed by atoms with Gasteiger partial charge in [-0.2, -0.15) is 0 Å². The number of carbonyl (C=O) groups is 2. The summed E-state index contributed by atoms with van der Waals surface area (Å²) >= 11 is 6.11. The van der Waals surface area contributed by atoms with Crippen LogP contribution >= 0.6 is 11.6 Å². The van der Waals surface area contributed by atoms with E-state index in [4.69, 9.17) is 21.1 Å². The molecule has 0 atom stereocenters. The number of methoxy groups -OCH3 is 2. The lowest BCUT2D eigenvalue weighted by molar-refractivity contribution is -0.125. The molecular formula is C18H27ClN2O4. The number of benzene rings is 1. The molecule has 0 fully saturated rings. The molecule has 25 heavy (non-hydrogen) atoms. The van der Waals surface area contributed by atoms with E-state index in [1.54, 1.807) is 12.1 Å². The molecule has 0 bridgehead atoms. The van der Waals surface area contributed by atoms with Crippen LogP contribution in [0.1, 0.15) is 33.6 Å². The summed E-state index contributed by atoms with van der Waals surface area (Å²) in [4.78, 5) is 25.7. The molecule has 1 N–H and O–H groups in total. The lowest BCUT2D eigenvalue weighted by Crippen LogP contribution is -2.39. The van der Waals surface area contributed by atoms with Crippen LogP contribution in [0, 0.1) is 5.92 Å². The van der Waals surface area contributed by atoms with Gasteiger partial charge in [-0.3, -0.25) is 9.59 Å². The van der Waals surface area contributed by atoms with Gasteiger partial charge in [-0.05, 0) is 12.8 Å². The van der Waals surface area contributed by atoms with Crippen molar-refractivity contribution in [3.63, 3.8) is 0 Å². The molecule has 6 nitrogen and oxygen atoms in total. The van der Waals surface area contributed by atoms with Crippen LogP contribution in [0.5, 0.6) is 11.5 Å². The highest BCUT2D eigenvalue weighted by Crippen LogP contribution is 2.38. The Morgan fingerprint density at radius 2 is 1.76 bits per heavy atom. The molecule has 1 rings (SSSR count). The van der Waals surface area contributed by atoms with Crippen LogP contribution in [0.2, 0.25) is 5.02 Å². The zero-order valence-corrected chi connectivity index (χ0v) is 16.3. The molecule has 0 aliphatic rings. The first-order valence-electron chi connectivity index (χ1n) is 8.36. The molecule has 0 saturated carbocycles. The summed E-state index contributed by atoms with van der Waals surface area (Å²) in [6, 6.07) is 3.26. The minimum atomic E-state index is -0.167. The Labute approximate surface area is 154 Å². The molecule has 2 amide bonds. The Balaban J connectivity index is 2.94. The maximum Gasteiger partial charge on any atom is 0.224 e. The van der Waals surface area contributed by atoms with Crippen LogP contribution in [0.4, 0.5) is 5.69 Å². The van der Waals surface area contributed by atoms with Crippen molar-refractivity contribution >= 4 is 29.1 Å². The van der Waals surface area contributed by atoms with Crippen molar-refractivity contribution in [1.82, 2.24) is 5.32 Å². The molecule has 7 heteroatoms. The third-order valence-corrected chi connectivity index (χ3v) is 4.41. The molecule has 0 unspecified atom stereocenters. The van der Waals surface area contributed by atoms with Crippen molar-refractivity contribution < 1.29 is 19.1 Å². The number of nitrogens with zero attached hydrogens (tertiary/aromatic N) is 1. The zero-order valence-electron chi connectivity index (χ0n) is 15.5. The number of anilines is 1. The number of nitrogens with one attached hydrogen (secondary N) is 1. The summed E-state index contributed by atoms with van der Waals surface area (Å²) < 4.78 is 10.6. The number of ether oxygens (including phenoxy) is 2. The Bertz CT molecular complexity index is 603. The van der Waals surface area contributed by atoms with Gasteiger partial charge in [0.2, 0.25) is 11.8 Å². The SMILES string of the molecule is CCC(CC)C(=O)NCCN(C(C)=O)c1cc(OC)c(Cl)cc1OC. The molecule has 0 saturated heterocycles.